The van der Waals surface area contributed by atoms with Crippen LogP contribution in [0.15, 0.2) is 12.3 Å². The number of halogens is 3. The van der Waals surface area contributed by atoms with Gasteiger partial charge in [0.25, 0.3) is 5.88 Å². The molecule has 0 atom stereocenters. The smallest absolute Gasteiger partial charge is 0.388 e. The van der Waals surface area contributed by atoms with Gasteiger partial charge in [0, 0.05) is 6.20 Å². The van der Waals surface area contributed by atoms with E-state index in [1.165, 1.54) is 0 Å². The van der Waals surface area contributed by atoms with E-state index in [9.17, 15) is 18.0 Å². The lowest BCUT2D eigenvalue weighted by Gasteiger charge is -2.04. The quantitative estimate of drug-likeness (QED) is 0.681. The van der Waals surface area contributed by atoms with Gasteiger partial charge in [-0.25, -0.2) is 9.37 Å². The van der Waals surface area contributed by atoms with Crippen LogP contribution in [0, 0.1) is 5.82 Å². The van der Waals surface area contributed by atoms with E-state index < -0.39 is 18.3 Å². The molecule has 0 amide bonds. The SMILES string of the molecule is O=Cc1ccnc(OC(F)F)c1F. The van der Waals surface area contributed by atoms with Gasteiger partial charge in [0.1, 0.15) is 0 Å². The fourth-order valence-corrected chi connectivity index (χ4v) is 0.696. The molecule has 13 heavy (non-hydrogen) atoms. The Balaban J connectivity index is 3.01. The van der Waals surface area contributed by atoms with E-state index >= 15 is 0 Å². The van der Waals surface area contributed by atoms with Crippen LogP contribution in [0.2, 0.25) is 0 Å². The van der Waals surface area contributed by atoms with Crippen LogP contribution >= 0.6 is 0 Å². The van der Waals surface area contributed by atoms with Crippen molar-refractivity contribution < 1.29 is 22.7 Å². The second kappa shape index (κ2) is 3.88. The summed E-state index contributed by atoms with van der Waals surface area (Å²) in [5.74, 6) is -2.06. The van der Waals surface area contributed by atoms with Gasteiger partial charge in [0.05, 0.1) is 5.56 Å². The number of hydrogen-bond acceptors (Lipinski definition) is 3. The van der Waals surface area contributed by atoms with Crippen molar-refractivity contribution in [3.8, 4) is 5.88 Å². The minimum atomic E-state index is -3.16. The molecule has 0 aliphatic carbocycles. The molecule has 0 unspecified atom stereocenters. The number of rotatable bonds is 3. The Morgan fingerprint density at radius 3 is 2.77 bits per heavy atom. The van der Waals surface area contributed by atoms with E-state index in [4.69, 9.17) is 0 Å². The zero-order valence-electron chi connectivity index (χ0n) is 6.21. The van der Waals surface area contributed by atoms with Gasteiger partial charge in [-0.05, 0) is 6.07 Å². The fraction of sp³-hybridized carbons (Fsp3) is 0.143. The number of alkyl halides is 2. The summed E-state index contributed by atoms with van der Waals surface area (Å²) < 4.78 is 39.8. The first kappa shape index (κ1) is 9.50. The van der Waals surface area contributed by atoms with Crippen molar-refractivity contribution in [3.05, 3.63) is 23.6 Å². The third-order valence-corrected chi connectivity index (χ3v) is 1.21. The van der Waals surface area contributed by atoms with Crippen molar-refractivity contribution in [2.24, 2.45) is 0 Å². The Morgan fingerprint density at radius 1 is 1.54 bits per heavy atom. The summed E-state index contributed by atoms with van der Waals surface area (Å²) in [5, 5.41) is 0. The number of aromatic nitrogens is 1. The van der Waals surface area contributed by atoms with Crippen LogP contribution in [0.4, 0.5) is 13.2 Å². The maximum Gasteiger partial charge on any atom is 0.388 e. The Hall–Kier alpha value is -1.59. The number of carbonyl (C=O) groups excluding carboxylic acids is 1. The highest BCUT2D eigenvalue weighted by molar-refractivity contribution is 5.75. The minimum Gasteiger partial charge on any atom is -0.414 e. The molecule has 0 bridgehead atoms. The summed E-state index contributed by atoms with van der Waals surface area (Å²) in [6.07, 6.45) is 1.19. The first-order chi connectivity index (χ1) is 6.15. The van der Waals surface area contributed by atoms with Crippen LogP contribution in [-0.2, 0) is 0 Å². The molecule has 0 aromatic carbocycles. The highest BCUT2D eigenvalue weighted by Crippen LogP contribution is 2.17. The summed E-state index contributed by atoms with van der Waals surface area (Å²) in [6.45, 7) is -3.16. The Kier molecular flexibility index (Phi) is 2.84. The predicted molar refractivity (Wildman–Crippen MR) is 36.2 cm³/mol. The zero-order valence-corrected chi connectivity index (χ0v) is 6.21. The number of nitrogens with zero attached hydrogens (tertiary/aromatic N) is 1. The topological polar surface area (TPSA) is 39.2 Å². The van der Waals surface area contributed by atoms with Crippen molar-refractivity contribution in [1.29, 1.82) is 0 Å². The van der Waals surface area contributed by atoms with Crippen LogP contribution in [0.1, 0.15) is 10.4 Å². The first-order valence-electron chi connectivity index (χ1n) is 3.19. The fourth-order valence-electron chi connectivity index (χ4n) is 0.696. The van der Waals surface area contributed by atoms with Gasteiger partial charge < -0.3 is 4.74 Å². The third-order valence-electron chi connectivity index (χ3n) is 1.21. The van der Waals surface area contributed by atoms with Gasteiger partial charge in [-0.3, -0.25) is 4.79 Å². The maximum atomic E-state index is 12.9. The molecular formula is C7H4F3NO2. The van der Waals surface area contributed by atoms with Gasteiger partial charge in [0.15, 0.2) is 12.1 Å². The third kappa shape index (κ3) is 2.17. The van der Waals surface area contributed by atoms with E-state index in [2.05, 4.69) is 9.72 Å². The van der Waals surface area contributed by atoms with E-state index in [1.54, 1.807) is 0 Å². The van der Waals surface area contributed by atoms with E-state index in [0.29, 0.717) is 0 Å². The Labute approximate surface area is 71.2 Å². The molecule has 1 rings (SSSR count). The van der Waals surface area contributed by atoms with Crippen LogP contribution < -0.4 is 4.74 Å². The number of carbonyl (C=O) groups is 1. The lowest BCUT2D eigenvalue weighted by Crippen LogP contribution is -2.06. The van der Waals surface area contributed by atoms with Crippen molar-refractivity contribution in [2.75, 3.05) is 0 Å². The average Bonchev–Trinajstić information content (AvgIpc) is 2.08. The molecule has 3 nitrogen and oxygen atoms in total. The van der Waals surface area contributed by atoms with Crippen LogP contribution in [0.3, 0.4) is 0 Å². The van der Waals surface area contributed by atoms with Crippen molar-refractivity contribution in [1.82, 2.24) is 4.98 Å². The van der Waals surface area contributed by atoms with Crippen LogP contribution in [0.5, 0.6) is 5.88 Å². The van der Waals surface area contributed by atoms with Crippen molar-refractivity contribution in [3.63, 3.8) is 0 Å². The molecule has 0 saturated heterocycles. The summed E-state index contributed by atoms with van der Waals surface area (Å²) in [7, 11) is 0. The molecule has 0 spiro atoms. The van der Waals surface area contributed by atoms with Gasteiger partial charge >= 0.3 is 6.61 Å². The monoisotopic (exact) mass is 191 g/mol. The van der Waals surface area contributed by atoms with Crippen molar-refractivity contribution in [2.45, 2.75) is 6.61 Å². The number of pyridine rings is 1. The molecule has 6 heteroatoms. The van der Waals surface area contributed by atoms with E-state index in [-0.39, 0.29) is 11.8 Å². The first-order valence-corrected chi connectivity index (χ1v) is 3.19. The van der Waals surface area contributed by atoms with Crippen LogP contribution in [0.25, 0.3) is 0 Å². The van der Waals surface area contributed by atoms with E-state index in [0.717, 1.165) is 12.3 Å². The zero-order chi connectivity index (χ0) is 9.84. The highest BCUT2D eigenvalue weighted by Gasteiger charge is 2.13. The summed E-state index contributed by atoms with van der Waals surface area (Å²) in [5.41, 5.74) is -0.370. The molecule has 0 fully saturated rings. The Bertz CT molecular complexity index is 317. The van der Waals surface area contributed by atoms with Gasteiger partial charge in [-0.1, -0.05) is 0 Å². The second-order valence-electron chi connectivity index (χ2n) is 2.02. The Morgan fingerprint density at radius 2 is 2.23 bits per heavy atom. The average molecular weight is 191 g/mol. The van der Waals surface area contributed by atoms with E-state index in [1.807, 2.05) is 0 Å². The lowest BCUT2D eigenvalue weighted by atomic mass is 10.3. The summed E-state index contributed by atoms with van der Waals surface area (Å²) >= 11 is 0. The molecule has 70 valence electrons. The molecule has 0 N–H and O–H groups in total. The normalized spacial score (nSPS) is 10.2. The van der Waals surface area contributed by atoms with Gasteiger partial charge in [0.2, 0.25) is 0 Å². The molecule has 0 radical (unpaired) electrons. The number of aldehydes is 1. The molecule has 1 aromatic rings. The largest absolute Gasteiger partial charge is 0.414 e. The molecule has 0 aliphatic rings. The van der Waals surface area contributed by atoms with Gasteiger partial charge in [-0.2, -0.15) is 8.78 Å². The molecule has 1 heterocycles. The number of hydrogen-bond donors (Lipinski definition) is 0. The predicted octanol–water partition coefficient (Wildman–Crippen LogP) is 1.63. The summed E-state index contributed by atoms with van der Waals surface area (Å²) in [4.78, 5) is 13.3. The standard InChI is InChI=1S/C7H4F3NO2/c8-5-4(3-12)1-2-11-6(5)13-7(9)10/h1-3,7H. The maximum absolute atomic E-state index is 12.9. The number of ether oxygens (including phenoxy) is 1. The minimum absolute atomic E-state index is 0.190. The second-order valence-corrected chi connectivity index (χ2v) is 2.02. The lowest BCUT2D eigenvalue weighted by molar-refractivity contribution is -0.0554. The summed E-state index contributed by atoms with van der Waals surface area (Å²) in [6, 6.07) is 1.06. The highest BCUT2D eigenvalue weighted by atomic mass is 19.3. The molecular weight excluding hydrogens is 187 g/mol. The molecule has 0 aliphatic heterocycles. The molecule has 1 aromatic heterocycles. The van der Waals surface area contributed by atoms with Gasteiger partial charge in [-0.15, -0.1) is 0 Å². The van der Waals surface area contributed by atoms with Crippen molar-refractivity contribution >= 4 is 6.29 Å². The van der Waals surface area contributed by atoms with Crippen LogP contribution in [-0.4, -0.2) is 17.9 Å². The molecule has 0 saturated carbocycles.